The average molecular weight is 469 g/mol. The molecule has 2 aliphatic rings. The van der Waals surface area contributed by atoms with Gasteiger partial charge in [-0.15, -0.1) is 0 Å². The maximum atomic E-state index is 13.5. The summed E-state index contributed by atoms with van der Waals surface area (Å²) in [5.41, 5.74) is 2.88. The third-order valence-electron chi connectivity index (χ3n) is 6.61. The minimum atomic E-state index is -0.973. The number of rotatable bonds is 7. The first-order valence-corrected chi connectivity index (χ1v) is 11.2. The maximum Gasteiger partial charge on any atom is 0.262 e. The summed E-state index contributed by atoms with van der Waals surface area (Å²) in [5, 5.41) is 0. The second-order valence-electron chi connectivity index (χ2n) is 8.45. The lowest BCUT2D eigenvalue weighted by Crippen LogP contribution is -2.71. The van der Waals surface area contributed by atoms with E-state index in [1.807, 2.05) is 36.4 Å². The van der Waals surface area contributed by atoms with Crippen LogP contribution in [0.4, 0.5) is 0 Å². The van der Waals surface area contributed by atoms with Gasteiger partial charge in [0, 0.05) is 11.6 Å². The van der Waals surface area contributed by atoms with Crippen LogP contribution in [0.2, 0.25) is 0 Å². The Hall–Kier alpha value is -4.39. The van der Waals surface area contributed by atoms with E-state index in [2.05, 4.69) is 6.58 Å². The summed E-state index contributed by atoms with van der Waals surface area (Å²) >= 11 is 0. The van der Waals surface area contributed by atoms with Gasteiger partial charge in [-0.05, 0) is 35.4 Å². The first-order chi connectivity index (χ1) is 17.0. The van der Waals surface area contributed by atoms with Crippen molar-refractivity contribution < 1.29 is 23.9 Å². The summed E-state index contributed by atoms with van der Waals surface area (Å²) in [5.74, 6) is -0.0347. The fraction of sp³-hybridized carbons (Fsp3) is 0.179. The van der Waals surface area contributed by atoms with Crippen molar-refractivity contribution in [2.75, 3.05) is 14.2 Å². The summed E-state index contributed by atoms with van der Waals surface area (Å²) in [7, 11) is 3.12. The molecule has 7 nitrogen and oxygen atoms in total. The van der Waals surface area contributed by atoms with Crippen molar-refractivity contribution in [2.24, 2.45) is 0 Å². The molecule has 1 fully saturated rings. The van der Waals surface area contributed by atoms with Crippen LogP contribution in [0.1, 0.15) is 31.8 Å². The highest BCUT2D eigenvalue weighted by atomic mass is 16.5. The number of methoxy groups -OCH3 is 2. The molecular weight excluding hydrogens is 444 g/mol. The minimum Gasteiger partial charge on any atom is -0.497 e. The zero-order chi connectivity index (χ0) is 24.7. The van der Waals surface area contributed by atoms with Crippen LogP contribution in [0.25, 0.3) is 5.57 Å². The molecule has 35 heavy (non-hydrogen) atoms. The molecule has 3 aromatic carbocycles. The first kappa shape index (κ1) is 22.4. The van der Waals surface area contributed by atoms with Gasteiger partial charge in [0.1, 0.15) is 17.5 Å². The number of nitrogens with zero attached hydrogens (tertiary/aromatic N) is 2. The molecule has 0 aliphatic carbocycles. The van der Waals surface area contributed by atoms with E-state index in [1.54, 1.807) is 55.5 Å². The summed E-state index contributed by atoms with van der Waals surface area (Å²) in [6.07, 6.45) is 0. The number of imide groups is 1. The fourth-order valence-electron chi connectivity index (χ4n) is 4.79. The molecule has 3 amide bonds. The van der Waals surface area contributed by atoms with Crippen LogP contribution in [0.3, 0.4) is 0 Å². The van der Waals surface area contributed by atoms with Crippen molar-refractivity contribution in [1.29, 1.82) is 0 Å². The van der Waals surface area contributed by atoms with Crippen molar-refractivity contribution >= 4 is 23.3 Å². The van der Waals surface area contributed by atoms with Crippen molar-refractivity contribution in [3.8, 4) is 11.5 Å². The number of hydrogen-bond donors (Lipinski definition) is 0. The number of fused-ring (bicyclic) bond motifs is 1. The number of carbonyl (C=O) groups is 3. The Bertz CT molecular complexity index is 1320. The first-order valence-electron chi connectivity index (χ1n) is 11.2. The van der Waals surface area contributed by atoms with Crippen molar-refractivity contribution in [1.82, 2.24) is 9.80 Å². The molecule has 0 spiro atoms. The topological polar surface area (TPSA) is 76.2 Å². The van der Waals surface area contributed by atoms with Gasteiger partial charge in [-0.2, -0.15) is 0 Å². The second-order valence-corrected chi connectivity index (χ2v) is 8.45. The van der Waals surface area contributed by atoms with E-state index in [0.29, 0.717) is 28.2 Å². The molecule has 0 bridgehead atoms. The number of hydrogen-bond acceptors (Lipinski definition) is 5. The summed E-state index contributed by atoms with van der Waals surface area (Å²) in [4.78, 5) is 42.7. The predicted molar refractivity (Wildman–Crippen MR) is 130 cm³/mol. The minimum absolute atomic E-state index is 0.224. The summed E-state index contributed by atoms with van der Waals surface area (Å²) in [6, 6.07) is 19.9. The van der Waals surface area contributed by atoms with E-state index < -0.39 is 23.9 Å². The largest absolute Gasteiger partial charge is 0.497 e. The monoisotopic (exact) mass is 468 g/mol. The predicted octanol–water partition coefficient (Wildman–Crippen LogP) is 3.79. The van der Waals surface area contributed by atoms with Gasteiger partial charge in [-0.25, -0.2) is 0 Å². The fourth-order valence-corrected chi connectivity index (χ4v) is 4.79. The number of likely N-dealkylation sites (tertiary alicyclic amines) is 1. The van der Waals surface area contributed by atoms with Crippen LogP contribution >= 0.6 is 0 Å². The molecule has 3 aromatic rings. The molecule has 2 atom stereocenters. The molecule has 0 saturated carbocycles. The maximum absolute atomic E-state index is 13.5. The average Bonchev–Trinajstić information content (AvgIpc) is 3.15. The Morgan fingerprint density at radius 3 is 2.09 bits per heavy atom. The van der Waals surface area contributed by atoms with Crippen molar-refractivity contribution in [3.05, 3.63) is 102 Å². The molecule has 0 aromatic heterocycles. The van der Waals surface area contributed by atoms with Gasteiger partial charge >= 0.3 is 0 Å². The standard InChI is InChI=1S/C28H24N2O5/c1-17(18-9-5-4-6-10-18)24-25(30-26(31)21-11-7-8-12-22(21)27(30)32)28(33)29(24)16-19-13-14-20(34-2)15-23(19)35-3/h4-15,24-25H,1,16H2,2-3H3. The zero-order valence-corrected chi connectivity index (χ0v) is 19.4. The molecule has 1 saturated heterocycles. The second kappa shape index (κ2) is 8.76. The number of β-lactam (4-membered cyclic amide) rings is 1. The molecule has 0 radical (unpaired) electrons. The van der Waals surface area contributed by atoms with Gasteiger partial charge < -0.3 is 14.4 Å². The third-order valence-corrected chi connectivity index (χ3v) is 6.61. The quantitative estimate of drug-likeness (QED) is 0.390. The molecule has 2 unspecified atom stereocenters. The van der Waals surface area contributed by atoms with Gasteiger partial charge in [0.05, 0.1) is 37.9 Å². The Morgan fingerprint density at radius 1 is 0.857 bits per heavy atom. The Balaban J connectivity index is 1.52. The van der Waals surface area contributed by atoms with Crippen LogP contribution < -0.4 is 9.47 Å². The smallest absolute Gasteiger partial charge is 0.262 e. The zero-order valence-electron chi connectivity index (χ0n) is 19.4. The van der Waals surface area contributed by atoms with Crippen LogP contribution in [0, 0.1) is 0 Å². The van der Waals surface area contributed by atoms with Crippen LogP contribution in [0.5, 0.6) is 11.5 Å². The molecule has 176 valence electrons. The van der Waals surface area contributed by atoms with Crippen LogP contribution in [-0.4, -0.2) is 53.8 Å². The van der Waals surface area contributed by atoms with Gasteiger partial charge in [0.2, 0.25) is 5.91 Å². The highest BCUT2D eigenvalue weighted by Crippen LogP contribution is 2.40. The normalized spacial score (nSPS) is 18.9. The molecule has 2 heterocycles. The van der Waals surface area contributed by atoms with Crippen molar-refractivity contribution in [3.63, 3.8) is 0 Å². The number of amides is 3. The lowest BCUT2D eigenvalue weighted by molar-refractivity contribution is -0.152. The van der Waals surface area contributed by atoms with Crippen molar-refractivity contribution in [2.45, 2.75) is 18.6 Å². The summed E-state index contributed by atoms with van der Waals surface area (Å²) in [6.45, 7) is 4.49. The summed E-state index contributed by atoms with van der Waals surface area (Å²) < 4.78 is 10.8. The highest BCUT2D eigenvalue weighted by Gasteiger charge is 2.57. The van der Waals surface area contributed by atoms with Gasteiger partial charge in [-0.3, -0.25) is 19.3 Å². The molecule has 0 N–H and O–H groups in total. The molecular formula is C28H24N2O5. The highest BCUT2D eigenvalue weighted by molar-refractivity contribution is 6.23. The van der Waals surface area contributed by atoms with E-state index in [-0.39, 0.29) is 12.5 Å². The van der Waals surface area contributed by atoms with Crippen LogP contribution in [0.15, 0.2) is 79.4 Å². The SMILES string of the molecule is C=C(c1ccccc1)C1C(N2C(=O)c3ccccc3C2=O)C(=O)N1Cc1ccc(OC)cc1OC. The molecule has 2 aliphatic heterocycles. The Kier molecular flexibility index (Phi) is 5.61. The van der Waals surface area contributed by atoms with E-state index in [9.17, 15) is 14.4 Å². The van der Waals surface area contributed by atoms with E-state index in [4.69, 9.17) is 9.47 Å². The molecule has 7 heteroatoms. The third kappa shape index (κ3) is 3.56. The number of benzene rings is 3. The Labute approximate surface area is 203 Å². The lowest BCUT2D eigenvalue weighted by atomic mass is 9.84. The van der Waals surface area contributed by atoms with Crippen LogP contribution in [-0.2, 0) is 11.3 Å². The van der Waals surface area contributed by atoms with Gasteiger partial charge in [-0.1, -0.05) is 49.0 Å². The lowest BCUT2D eigenvalue weighted by Gasteiger charge is -2.50. The Morgan fingerprint density at radius 2 is 1.49 bits per heavy atom. The number of carbonyl (C=O) groups excluding carboxylic acids is 3. The van der Waals surface area contributed by atoms with E-state index in [0.717, 1.165) is 16.0 Å². The van der Waals surface area contributed by atoms with E-state index in [1.165, 1.54) is 0 Å². The van der Waals surface area contributed by atoms with Gasteiger partial charge in [0.25, 0.3) is 11.8 Å². The van der Waals surface area contributed by atoms with E-state index >= 15 is 0 Å². The molecule has 5 rings (SSSR count). The van der Waals surface area contributed by atoms with Gasteiger partial charge in [0.15, 0.2) is 0 Å². The number of ether oxygens (including phenoxy) is 2.